The van der Waals surface area contributed by atoms with E-state index in [1.807, 2.05) is 60.9 Å². The van der Waals surface area contributed by atoms with Crippen LogP contribution in [0, 0.1) is 0 Å². The standard InChI is InChI=1S/C21H23N5O2S/c1-29-18-9-7-16(8-10-18)24-20(27)14-26-13-17(12-23-26)25-21(28)19(22)11-15-5-3-2-4-6-15/h2-10,12-13,19H,11,14,22H2,1H3,(H,24,27)(H,25,28)/t19-/m0/s1. The van der Waals surface area contributed by atoms with Crippen molar-refractivity contribution in [2.24, 2.45) is 5.73 Å². The Hall–Kier alpha value is -3.10. The van der Waals surface area contributed by atoms with Crippen LogP contribution in [-0.2, 0) is 22.6 Å². The monoisotopic (exact) mass is 409 g/mol. The van der Waals surface area contributed by atoms with E-state index in [-0.39, 0.29) is 18.4 Å². The first-order valence-corrected chi connectivity index (χ1v) is 10.3. The lowest BCUT2D eigenvalue weighted by Crippen LogP contribution is -2.37. The molecule has 0 aliphatic rings. The smallest absolute Gasteiger partial charge is 0.246 e. The van der Waals surface area contributed by atoms with Gasteiger partial charge in [-0.25, -0.2) is 0 Å². The minimum absolute atomic E-state index is 0.0379. The van der Waals surface area contributed by atoms with Gasteiger partial charge in [0.25, 0.3) is 0 Å². The molecule has 1 atom stereocenters. The summed E-state index contributed by atoms with van der Waals surface area (Å²) in [6.07, 6.45) is 5.53. The maximum Gasteiger partial charge on any atom is 0.246 e. The van der Waals surface area contributed by atoms with Gasteiger partial charge in [-0.3, -0.25) is 14.3 Å². The van der Waals surface area contributed by atoms with Gasteiger partial charge >= 0.3 is 0 Å². The molecule has 0 saturated carbocycles. The van der Waals surface area contributed by atoms with E-state index >= 15 is 0 Å². The number of hydrogen-bond donors (Lipinski definition) is 3. The zero-order valence-corrected chi connectivity index (χ0v) is 16.9. The number of nitrogens with zero attached hydrogens (tertiary/aromatic N) is 2. The molecule has 0 saturated heterocycles. The largest absolute Gasteiger partial charge is 0.324 e. The molecule has 7 nitrogen and oxygen atoms in total. The van der Waals surface area contributed by atoms with Crippen molar-refractivity contribution in [3.8, 4) is 0 Å². The van der Waals surface area contributed by atoms with Gasteiger partial charge in [-0.15, -0.1) is 11.8 Å². The first-order chi connectivity index (χ1) is 14.0. The van der Waals surface area contributed by atoms with E-state index in [1.54, 1.807) is 18.0 Å². The Morgan fingerprint density at radius 2 is 1.79 bits per heavy atom. The molecule has 4 N–H and O–H groups in total. The molecule has 0 radical (unpaired) electrons. The van der Waals surface area contributed by atoms with Crippen molar-refractivity contribution in [3.63, 3.8) is 0 Å². The fraction of sp³-hybridized carbons (Fsp3) is 0.190. The van der Waals surface area contributed by atoms with Gasteiger partial charge in [0.05, 0.1) is 17.9 Å². The van der Waals surface area contributed by atoms with Gasteiger partial charge < -0.3 is 16.4 Å². The molecule has 3 rings (SSSR count). The Bertz CT molecular complexity index is 957. The van der Waals surface area contributed by atoms with E-state index in [9.17, 15) is 9.59 Å². The quantitative estimate of drug-likeness (QED) is 0.497. The highest BCUT2D eigenvalue weighted by atomic mass is 32.2. The molecular weight excluding hydrogens is 386 g/mol. The molecule has 1 aromatic heterocycles. The molecule has 150 valence electrons. The molecule has 8 heteroatoms. The molecule has 29 heavy (non-hydrogen) atoms. The molecule has 1 heterocycles. The van der Waals surface area contributed by atoms with E-state index < -0.39 is 6.04 Å². The molecule has 0 aliphatic heterocycles. The molecule has 0 bridgehead atoms. The summed E-state index contributed by atoms with van der Waals surface area (Å²) in [7, 11) is 0. The molecule has 0 aliphatic carbocycles. The van der Waals surface area contributed by atoms with Crippen LogP contribution in [0.3, 0.4) is 0 Å². The zero-order valence-electron chi connectivity index (χ0n) is 16.0. The Kier molecular flexibility index (Phi) is 7.04. The number of nitrogens with two attached hydrogens (primary N) is 1. The van der Waals surface area contributed by atoms with Crippen LogP contribution in [0.15, 0.2) is 71.9 Å². The predicted molar refractivity (Wildman–Crippen MR) is 116 cm³/mol. The van der Waals surface area contributed by atoms with Gasteiger partial charge in [-0.2, -0.15) is 5.10 Å². The molecule has 0 unspecified atom stereocenters. The molecular formula is C21H23N5O2S. The van der Waals surface area contributed by atoms with E-state index in [0.717, 1.165) is 16.1 Å². The second kappa shape index (κ2) is 9.90. The number of hydrogen-bond acceptors (Lipinski definition) is 5. The zero-order chi connectivity index (χ0) is 20.6. The number of carbonyl (C=O) groups excluding carboxylic acids is 2. The van der Waals surface area contributed by atoms with Crippen LogP contribution in [0.2, 0.25) is 0 Å². The van der Waals surface area contributed by atoms with Crippen molar-refractivity contribution in [1.82, 2.24) is 9.78 Å². The third-order valence-corrected chi connectivity index (χ3v) is 4.96. The number of anilines is 2. The summed E-state index contributed by atoms with van der Waals surface area (Å²) in [5, 5.41) is 9.68. The average molecular weight is 410 g/mol. The molecule has 0 fully saturated rings. The summed E-state index contributed by atoms with van der Waals surface area (Å²) in [5.41, 5.74) is 8.20. The Labute approximate surface area is 173 Å². The summed E-state index contributed by atoms with van der Waals surface area (Å²) in [5.74, 6) is -0.504. The van der Waals surface area contributed by atoms with E-state index in [4.69, 9.17) is 5.73 Å². The third-order valence-electron chi connectivity index (χ3n) is 4.22. The maximum absolute atomic E-state index is 12.3. The van der Waals surface area contributed by atoms with Crippen LogP contribution in [0.5, 0.6) is 0 Å². The van der Waals surface area contributed by atoms with Gasteiger partial charge in [-0.05, 0) is 42.5 Å². The highest BCUT2D eigenvalue weighted by Crippen LogP contribution is 2.17. The number of carbonyl (C=O) groups is 2. The van der Waals surface area contributed by atoms with Crippen LogP contribution in [0.1, 0.15) is 5.56 Å². The third kappa shape index (κ3) is 6.20. The van der Waals surface area contributed by atoms with Crippen molar-refractivity contribution in [3.05, 3.63) is 72.6 Å². The average Bonchev–Trinajstić information content (AvgIpc) is 3.15. The van der Waals surface area contributed by atoms with Crippen molar-refractivity contribution in [2.75, 3.05) is 16.9 Å². The lowest BCUT2D eigenvalue weighted by molar-refractivity contribution is -0.117. The summed E-state index contributed by atoms with van der Waals surface area (Å²) in [6.45, 7) is 0.0379. The van der Waals surface area contributed by atoms with Gasteiger partial charge in [0, 0.05) is 16.8 Å². The van der Waals surface area contributed by atoms with Crippen molar-refractivity contribution >= 4 is 35.0 Å². The van der Waals surface area contributed by atoms with Crippen LogP contribution in [-0.4, -0.2) is 33.9 Å². The second-order valence-electron chi connectivity index (χ2n) is 6.49. The normalized spacial score (nSPS) is 11.7. The van der Waals surface area contributed by atoms with E-state index in [0.29, 0.717) is 12.1 Å². The summed E-state index contributed by atoms with van der Waals surface area (Å²) >= 11 is 1.64. The maximum atomic E-state index is 12.3. The number of thioether (sulfide) groups is 1. The summed E-state index contributed by atoms with van der Waals surface area (Å²) in [6, 6.07) is 16.5. The van der Waals surface area contributed by atoms with Crippen molar-refractivity contribution in [1.29, 1.82) is 0 Å². The first kappa shape index (κ1) is 20.6. The van der Waals surface area contributed by atoms with Crippen LogP contribution in [0.25, 0.3) is 0 Å². The lowest BCUT2D eigenvalue weighted by atomic mass is 10.1. The second-order valence-corrected chi connectivity index (χ2v) is 7.37. The van der Waals surface area contributed by atoms with Gasteiger partial charge in [0.2, 0.25) is 11.8 Å². The van der Waals surface area contributed by atoms with Gasteiger partial charge in [0.15, 0.2) is 0 Å². The fourth-order valence-corrected chi connectivity index (χ4v) is 3.14. The minimum atomic E-state index is -0.673. The van der Waals surface area contributed by atoms with Crippen LogP contribution < -0.4 is 16.4 Å². The summed E-state index contributed by atoms with van der Waals surface area (Å²) in [4.78, 5) is 25.6. The fourth-order valence-electron chi connectivity index (χ4n) is 2.73. The molecule has 3 aromatic rings. The molecule has 2 amide bonds. The lowest BCUT2D eigenvalue weighted by Gasteiger charge is -2.11. The number of nitrogens with one attached hydrogen (secondary N) is 2. The Balaban J connectivity index is 1.50. The SMILES string of the molecule is CSc1ccc(NC(=O)Cn2cc(NC(=O)[C@@H](N)Cc3ccccc3)cn2)cc1. The molecule has 2 aromatic carbocycles. The first-order valence-electron chi connectivity index (χ1n) is 9.10. The summed E-state index contributed by atoms with van der Waals surface area (Å²) < 4.78 is 1.46. The van der Waals surface area contributed by atoms with E-state index in [2.05, 4.69) is 15.7 Å². The van der Waals surface area contributed by atoms with Crippen molar-refractivity contribution < 1.29 is 9.59 Å². The van der Waals surface area contributed by atoms with Crippen molar-refractivity contribution in [2.45, 2.75) is 23.9 Å². The van der Waals surface area contributed by atoms with E-state index in [1.165, 1.54) is 10.9 Å². The number of benzene rings is 2. The highest BCUT2D eigenvalue weighted by Gasteiger charge is 2.15. The van der Waals surface area contributed by atoms with Gasteiger partial charge in [-0.1, -0.05) is 30.3 Å². The Morgan fingerprint density at radius 3 is 2.48 bits per heavy atom. The van der Waals surface area contributed by atoms with Crippen LogP contribution >= 0.6 is 11.8 Å². The Morgan fingerprint density at radius 1 is 1.07 bits per heavy atom. The minimum Gasteiger partial charge on any atom is -0.324 e. The molecule has 0 spiro atoms. The number of amides is 2. The number of aromatic nitrogens is 2. The topological polar surface area (TPSA) is 102 Å². The van der Waals surface area contributed by atoms with Crippen LogP contribution in [0.4, 0.5) is 11.4 Å². The number of rotatable bonds is 8. The predicted octanol–water partition coefficient (Wildman–Crippen LogP) is 2.75. The van der Waals surface area contributed by atoms with Gasteiger partial charge in [0.1, 0.15) is 6.54 Å². The highest BCUT2D eigenvalue weighted by molar-refractivity contribution is 7.98.